The second-order valence-electron chi connectivity index (χ2n) is 6.36. The predicted octanol–water partition coefficient (Wildman–Crippen LogP) is 5.99. The van der Waals surface area contributed by atoms with E-state index in [1.807, 2.05) is 12.1 Å². The predicted molar refractivity (Wildman–Crippen MR) is 90.5 cm³/mol. The van der Waals surface area contributed by atoms with Gasteiger partial charge in [-0.3, -0.25) is 0 Å². The van der Waals surface area contributed by atoms with Crippen LogP contribution in [0.4, 0.5) is 4.39 Å². The minimum atomic E-state index is -0.0508. The van der Waals surface area contributed by atoms with Crippen LogP contribution >= 0.6 is 0 Å². The maximum Gasteiger partial charge on any atom is 0.127 e. The van der Waals surface area contributed by atoms with Crippen LogP contribution in [0.5, 0.6) is 0 Å². The van der Waals surface area contributed by atoms with Gasteiger partial charge in [-0.2, -0.15) is 0 Å². The molecule has 0 spiro atoms. The Labute approximate surface area is 134 Å². The fourth-order valence-corrected chi connectivity index (χ4v) is 3.28. The van der Waals surface area contributed by atoms with E-state index in [0.29, 0.717) is 18.4 Å². The first-order valence-electron chi connectivity index (χ1n) is 8.77. The number of halogens is 1. The monoisotopic (exact) mass is 304 g/mol. The van der Waals surface area contributed by atoms with Crippen LogP contribution in [0.15, 0.2) is 30.4 Å². The molecule has 0 radical (unpaired) electrons. The van der Waals surface area contributed by atoms with Crippen molar-refractivity contribution >= 4 is 0 Å². The van der Waals surface area contributed by atoms with E-state index >= 15 is 0 Å². The van der Waals surface area contributed by atoms with Gasteiger partial charge in [-0.1, -0.05) is 38.1 Å². The zero-order valence-electron chi connectivity index (χ0n) is 14.0. The summed E-state index contributed by atoms with van der Waals surface area (Å²) in [5.41, 5.74) is 1.84. The fraction of sp³-hybridized carbons (Fsp3) is 0.600. The summed E-state index contributed by atoms with van der Waals surface area (Å²) in [6.07, 6.45) is 11.3. The molecule has 0 heterocycles. The Morgan fingerprint density at radius 2 is 1.95 bits per heavy atom. The van der Waals surface area contributed by atoms with Crippen LogP contribution in [0.3, 0.4) is 0 Å². The smallest absolute Gasteiger partial charge is 0.127 e. The molecular weight excluding hydrogens is 275 g/mol. The van der Waals surface area contributed by atoms with Crippen molar-refractivity contribution < 1.29 is 9.13 Å². The van der Waals surface area contributed by atoms with Crippen molar-refractivity contribution in [2.45, 2.75) is 64.9 Å². The van der Waals surface area contributed by atoms with Gasteiger partial charge in [-0.25, -0.2) is 4.39 Å². The van der Waals surface area contributed by atoms with E-state index < -0.39 is 0 Å². The first-order chi connectivity index (χ1) is 10.7. The highest BCUT2D eigenvalue weighted by atomic mass is 19.1. The molecule has 0 bridgehead atoms. The van der Waals surface area contributed by atoms with Crippen LogP contribution in [0.1, 0.15) is 69.4 Å². The number of allylic oxidation sites excluding steroid dienone is 2. The minimum Gasteiger partial charge on any atom is -0.377 e. The quantitative estimate of drug-likeness (QED) is 0.444. The lowest BCUT2D eigenvalue weighted by Gasteiger charge is -2.27. The molecule has 1 saturated carbocycles. The summed E-state index contributed by atoms with van der Waals surface area (Å²) in [5, 5.41) is 0. The molecule has 0 aromatic heterocycles. The molecule has 2 rings (SSSR count). The summed E-state index contributed by atoms with van der Waals surface area (Å²) < 4.78 is 19.9. The molecular formula is C20H29FO. The van der Waals surface area contributed by atoms with Crippen molar-refractivity contribution in [1.29, 1.82) is 0 Å². The molecule has 1 aromatic rings. The van der Waals surface area contributed by atoms with Crippen LogP contribution in [0, 0.1) is 11.7 Å². The number of rotatable bonds is 7. The number of hydrogen-bond acceptors (Lipinski definition) is 1. The number of hydrogen-bond donors (Lipinski definition) is 0. The van der Waals surface area contributed by atoms with Gasteiger partial charge >= 0.3 is 0 Å². The van der Waals surface area contributed by atoms with Gasteiger partial charge in [0.2, 0.25) is 0 Å². The Morgan fingerprint density at radius 1 is 1.18 bits per heavy atom. The molecule has 22 heavy (non-hydrogen) atoms. The van der Waals surface area contributed by atoms with Gasteiger partial charge in [0, 0.05) is 6.61 Å². The lowest BCUT2D eigenvalue weighted by Crippen LogP contribution is -2.13. The Bertz CT molecular complexity index is 473. The molecule has 0 atom stereocenters. The van der Waals surface area contributed by atoms with Gasteiger partial charge in [0.1, 0.15) is 5.82 Å². The van der Waals surface area contributed by atoms with Gasteiger partial charge in [-0.05, 0) is 67.6 Å². The topological polar surface area (TPSA) is 9.23 Å². The molecule has 1 aliphatic carbocycles. The summed E-state index contributed by atoms with van der Waals surface area (Å²) >= 11 is 0. The van der Waals surface area contributed by atoms with E-state index in [0.717, 1.165) is 43.4 Å². The SMILES string of the molecule is CCC=C[C@H]1CC[C@H](c2ccc(COCCC)cc2F)CC1. The highest BCUT2D eigenvalue weighted by Crippen LogP contribution is 2.37. The summed E-state index contributed by atoms with van der Waals surface area (Å²) in [6, 6.07) is 5.66. The Morgan fingerprint density at radius 3 is 2.59 bits per heavy atom. The van der Waals surface area contributed by atoms with Gasteiger partial charge < -0.3 is 4.74 Å². The molecule has 0 aliphatic heterocycles. The minimum absolute atomic E-state index is 0.0508. The number of ether oxygens (including phenoxy) is 1. The van der Waals surface area contributed by atoms with Crippen LogP contribution < -0.4 is 0 Å². The molecule has 0 saturated heterocycles. The highest BCUT2D eigenvalue weighted by molar-refractivity contribution is 5.27. The van der Waals surface area contributed by atoms with Crippen LogP contribution in [0.2, 0.25) is 0 Å². The Kier molecular flexibility index (Phi) is 7.11. The maximum atomic E-state index is 14.4. The molecule has 1 aliphatic rings. The van der Waals surface area contributed by atoms with E-state index in [1.165, 1.54) is 12.8 Å². The number of benzene rings is 1. The average molecular weight is 304 g/mol. The average Bonchev–Trinajstić information content (AvgIpc) is 2.54. The van der Waals surface area contributed by atoms with E-state index in [9.17, 15) is 4.39 Å². The van der Waals surface area contributed by atoms with Gasteiger partial charge in [0.05, 0.1) is 6.61 Å². The molecule has 1 aromatic carbocycles. The van der Waals surface area contributed by atoms with E-state index in [4.69, 9.17) is 4.74 Å². The normalized spacial score (nSPS) is 22.3. The molecule has 1 fully saturated rings. The third-order valence-corrected chi connectivity index (χ3v) is 4.54. The molecule has 0 amide bonds. The van der Waals surface area contributed by atoms with Crippen LogP contribution in [-0.2, 0) is 11.3 Å². The van der Waals surface area contributed by atoms with Crippen molar-refractivity contribution in [2.24, 2.45) is 5.92 Å². The Balaban J connectivity index is 1.91. The van der Waals surface area contributed by atoms with Gasteiger partial charge in [0.15, 0.2) is 0 Å². The van der Waals surface area contributed by atoms with Crippen molar-refractivity contribution in [3.63, 3.8) is 0 Å². The molecule has 122 valence electrons. The van der Waals surface area contributed by atoms with Gasteiger partial charge in [0.25, 0.3) is 0 Å². The van der Waals surface area contributed by atoms with Crippen molar-refractivity contribution in [3.8, 4) is 0 Å². The molecule has 0 N–H and O–H groups in total. The van der Waals surface area contributed by atoms with Crippen molar-refractivity contribution in [2.75, 3.05) is 6.61 Å². The fourth-order valence-electron chi connectivity index (χ4n) is 3.28. The third-order valence-electron chi connectivity index (χ3n) is 4.54. The van der Waals surface area contributed by atoms with Crippen molar-refractivity contribution in [3.05, 3.63) is 47.3 Å². The zero-order valence-corrected chi connectivity index (χ0v) is 14.0. The lowest BCUT2D eigenvalue weighted by molar-refractivity contribution is 0.121. The van der Waals surface area contributed by atoms with E-state index in [-0.39, 0.29) is 5.82 Å². The second-order valence-corrected chi connectivity index (χ2v) is 6.36. The second kappa shape index (κ2) is 9.09. The van der Waals surface area contributed by atoms with E-state index in [2.05, 4.69) is 26.0 Å². The highest BCUT2D eigenvalue weighted by Gasteiger charge is 2.23. The molecule has 0 unspecified atom stereocenters. The summed E-state index contributed by atoms with van der Waals surface area (Å²) in [4.78, 5) is 0. The third kappa shape index (κ3) is 4.95. The maximum absolute atomic E-state index is 14.4. The van der Waals surface area contributed by atoms with Crippen LogP contribution in [0.25, 0.3) is 0 Å². The first kappa shape index (κ1) is 17.2. The van der Waals surface area contributed by atoms with Gasteiger partial charge in [-0.15, -0.1) is 0 Å². The van der Waals surface area contributed by atoms with E-state index in [1.54, 1.807) is 6.07 Å². The molecule has 1 nitrogen and oxygen atoms in total. The largest absolute Gasteiger partial charge is 0.377 e. The van der Waals surface area contributed by atoms with Crippen molar-refractivity contribution in [1.82, 2.24) is 0 Å². The van der Waals surface area contributed by atoms with Crippen LogP contribution in [-0.4, -0.2) is 6.61 Å². The standard InChI is InChI=1S/C20H29FO/c1-3-5-6-16-7-10-18(11-8-16)19-12-9-17(14-20(19)21)15-22-13-4-2/h5-6,9,12,14,16,18H,3-4,7-8,10-11,13,15H2,1-2H3/t16-,18-. The lowest BCUT2D eigenvalue weighted by atomic mass is 9.78. The summed E-state index contributed by atoms with van der Waals surface area (Å²) in [7, 11) is 0. The first-order valence-corrected chi connectivity index (χ1v) is 8.77. The zero-order chi connectivity index (χ0) is 15.8. The molecule has 2 heteroatoms. The summed E-state index contributed by atoms with van der Waals surface area (Å²) in [6.45, 7) is 5.50. The Hall–Kier alpha value is -1.15. The summed E-state index contributed by atoms with van der Waals surface area (Å²) in [5.74, 6) is 1.03.